The van der Waals surface area contributed by atoms with Crippen molar-refractivity contribution in [3.63, 3.8) is 0 Å². The van der Waals surface area contributed by atoms with Crippen LogP contribution in [-0.4, -0.2) is 45.1 Å². The third-order valence-electron chi connectivity index (χ3n) is 5.52. The van der Waals surface area contributed by atoms with Gasteiger partial charge in [-0.05, 0) is 34.5 Å². The molecule has 4 aromatic rings. The van der Waals surface area contributed by atoms with Gasteiger partial charge in [-0.1, -0.05) is 24.3 Å². The lowest BCUT2D eigenvalue weighted by Crippen LogP contribution is -2.46. The van der Waals surface area contributed by atoms with Gasteiger partial charge in [0.25, 0.3) is 0 Å². The number of nitrogens with zero attached hydrogens (tertiary/aromatic N) is 5. The number of ether oxygens (including phenoxy) is 1. The highest BCUT2D eigenvalue weighted by Crippen LogP contribution is 2.35. The predicted octanol–water partition coefficient (Wildman–Crippen LogP) is 3.06. The summed E-state index contributed by atoms with van der Waals surface area (Å²) in [6.45, 7) is 1.28. The van der Waals surface area contributed by atoms with Crippen LogP contribution in [0.4, 0.5) is 10.3 Å². The van der Waals surface area contributed by atoms with Crippen molar-refractivity contribution in [3.8, 4) is 11.6 Å². The summed E-state index contributed by atoms with van der Waals surface area (Å²) >= 11 is 0. The summed E-state index contributed by atoms with van der Waals surface area (Å²) in [6.07, 6.45) is 1.67. The zero-order valence-corrected chi connectivity index (χ0v) is 16.4. The minimum absolute atomic E-state index is 0.229. The van der Waals surface area contributed by atoms with Crippen LogP contribution >= 0.6 is 0 Å². The zero-order valence-electron chi connectivity index (χ0n) is 16.4. The number of halogens is 1. The molecule has 0 spiro atoms. The van der Waals surface area contributed by atoms with Gasteiger partial charge in [0.05, 0.1) is 19.0 Å². The van der Waals surface area contributed by atoms with E-state index in [-0.39, 0.29) is 12.4 Å². The van der Waals surface area contributed by atoms with E-state index in [2.05, 4.69) is 26.1 Å². The molecule has 2 aromatic carbocycles. The van der Waals surface area contributed by atoms with Gasteiger partial charge in [0.15, 0.2) is 5.82 Å². The number of fused-ring (bicyclic) bond motifs is 1. The highest BCUT2D eigenvalue weighted by molar-refractivity contribution is 5.86. The molecule has 0 unspecified atom stereocenters. The van der Waals surface area contributed by atoms with Gasteiger partial charge in [0, 0.05) is 25.1 Å². The smallest absolute Gasteiger partial charge is 0.232 e. The van der Waals surface area contributed by atoms with Crippen LogP contribution in [0, 0.1) is 5.82 Å². The van der Waals surface area contributed by atoms with E-state index >= 15 is 0 Å². The van der Waals surface area contributed by atoms with Gasteiger partial charge in [-0.2, -0.15) is 0 Å². The van der Waals surface area contributed by atoms with E-state index in [4.69, 9.17) is 4.74 Å². The molecule has 7 nitrogen and oxygen atoms in total. The largest absolute Gasteiger partial charge is 0.481 e. The quantitative estimate of drug-likeness (QED) is 0.550. The molecule has 1 N–H and O–H groups in total. The van der Waals surface area contributed by atoms with E-state index in [9.17, 15) is 9.50 Å². The second-order valence-electron chi connectivity index (χ2n) is 7.28. The van der Waals surface area contributed by atoms with Crippen LogP contribution in [0.5, 0.6) is 5.88 Å². The highest BCUT2D eigenvalue weighted by atomic mass is 19.1. The molecule has 5 rings (SSSR count). The molecule has 1 aliphatic rings. The molecule has 1 saturated heterocycles. The van der Waals surface area contributed by atoms with Crippen LogP contribution < -0.4 is 9.64 Å². The number of aliphatic hydroxyl groups is 1. The number of anilines is 1. The number of aromatic nitrogens is 4. The summed E-state index contributed by atoms with van der Waals surface area (Å²) < 4.78 is 20.5. The number of aliphatic hydroxyl groups excluding tert-OH is 1. The van der Waals surface area contributed by atoms with Gasteiger partial charge in [0.1, 0.15) is 12.4 Å². The standard InChI is InChI=1S/C22H20FN5O2/c1-30-21-8-6-17(10-24-21)28-20(13-29)25-26-22(28)27-11-15(12-27)18-4-2-3-14-9-16(23)5-7-19(14)18/h2-10,15,29H,11-13H2,1H3. The number of benzene rings is 2. The van der Waals surface area contributed by atoms with Gasteiger partial charge >= 0.3 is 0 Å². The molecule has 3 heterocycles. The first-order chi connectivity index (χ1) is 14.7. The number of hydrogen-bond acceptors (Lipinski definition) is 6. The molecule has 0 radical (unpaired) electrons. The van der Waals surface area contributed by atoms with Gasteiger partial charge in [-0.25, -0.2) is 9.37 Å². The normalized spacial score (nSPS) is 14.2. The molecule has 30 heavy (non-hydrogen) atoms. The van der Waals surface area contributed by atoms with Crippen molar-refractivity contribution in [2.75, 3.05) is 25.1 Å². The van der Waals surface area contributed by atoms with E-state index < -0.39 is 0 Å². The lowest BCUT2D eigenvalue weighted by molar-refractivity contribution is 0.269. The first kappa shape index (κ1) is 18.5. The Kier molecular flexibility index (Phi) is 4.55. The van der Waals surface area contributed by atoms with Crippen molar-refractivity contribution in [1.29, 1.82) is 0 Å². The van der Waals surface area contributed by atoms with Crippen molar-refractivity contribution < 1.29 is 14.2 Å². The molecular formula is C22H20FN5O2. The van der Waals surface area contributed by atoms with Crippen molar-refractivity contribution >= 4 is 16.7 Å². The third-order valence-corrected chi connectivity index (χ3v) is 5.52. The van der Waals surface area contributed by atoms with E-state index in [1.165, 1.54) is 11.6 Å². The fraction of sp³-hybridized carbons (Fsp3) is 0.227. The van der Waals surface area contributed by atoms with Crippen molar-refractivity contribution in [1.82, 2.24) is 19.7 Å². The summed E-state index contributed by atoms with van der Waals surface area (Å²) in [6, 6.07) is 14.5. The molecule has 8 heteroatoms. The molecular weight excluding hydrogens is 385 g/mol. The molecule has 0 aliphatic carbocycles. The van der Waals surface area contributed by atoms with Gasteiger partial charge in [-0.15, -0.1) is 10.2 Å². The number of rotatable bonds is 5. The summed E-state index contributed by atoms with van der Waals surface area (Å²) in [5, 5.41) is 20.1. The van der Waals surface area contributed by atoms with Crippen molar-refractivity contribution in [2.24, 2.45) is 0 Å². The lowest BCUT2D eigenvalue weighted by Gasteiger charge is -2.40. The SMILES string of the molecule is COc1ccc(-n2c(CO)nnc2N2CC(c3cccc4cc(F)ccc34)C2)cn1. The van der Waals surface area contributed by atoms with Crippen LogP contribution in [0.25, 0.3) is 16.5 Å². The Morgan fingerprint density at radius 3 is 2.73 bits per heavy atom. The summed E-state index contributed by atoms with van der Waals surface area (Å²) in [7, 11) is 1.56. The topological polar surface area (TPSA) is 76.3 Å². The highest BCUT2D eigenvalue weighted by Gasteiger charge is 2.33. The van der Waals surface area contributed by atoms with Crippen molar-refractivity contribution in [3.05, 3.63) is 71.9 Å². The van der Waals surface area contributed by atoms with Gasteiger partial charge in [-0.3, -0.25) is 4.57 Å². The fourth-order valence-corrected chi connectivity index (χ4v) is 3.98. The van der Waals surface area contributed by atoms with Crippen LogP contribution in [0.2, 0.25) is 0 Å². The molecule has 152 valence electrons. The zero-order chi connectivity index (χ0) is 20.7. The van der Waals surface area contributed by atoms with E-state index in [0.29, 0.717) is 23.6 Å². The Morgan fingerprint density at radius 2 is 2.00 bits per heavy atom. The average molecular weight is 405 g/mol. The Morgan fingerprint density at radius 1 is 1.13 bits per heavy atom. The fourth-order valence-electron chi connectivity index (χ4n) is 3.98. The predicted molar refractivity (Wildman–Crippen MR) is 110 cm³/mol. The minimum atomic E-state index is -0.231. The third kappa shape index (κ3) is 3.05. The second kappa shape index (κ2) is 7.38. The molecule has 2 aromatic heterocycles. The van der Waals surface area contributed by atoms with Gasteiger partial charge < -0.3 is 14.7 Å². The monoisotopic (exact) mass is 405 g/mol. The van der Waals surface area contributed by atoms with E-state index in [1.54, 1.807) is 30.0 Å². The maximum absolute atomic E-state index is 13.6. The molecule has 0 bridgehead atoms. The number of hydrogen-bond donors (Lipinski definition) is 1. The van der Waals surface area contributed by atoms with Crippen LogP contribution in [0.1, 0.15) is 17.3 Å². The Labute approximate surface area is 172 Å². The minimum Gasteiger partial charge on any atom is -0.481 e. The number of pyridine rings is 1. The second-order valence-corrected chi connectivity index (χ2v) is 7.28. The van der Waals surface area contributed by atoms with E-state index in [0.717, 1.165) is 29.5 Å². The molecule has 1 aliphatic heterocycles. The molecule has 0 saturated carbocycles. The molecule has 0 amide bonds. The summed E-state index contributed by atoms with van der Waals surface area (Å²) in [4.78, 5) is 6.36. The van der Waals surface area contributed by atoms with Crippen LogP contribution in [0.3, 0.4) is 0 Å². The van der Waals surface area contributed by atoms with E-state index in [1.807, 2.05) is 24.3 Å². The maximum Gasteiger partial charge on any atom is 0.232 e. The molecule has 0 atom stereocenters. The summed E-state index contributed by atoms with van der Waals surface area (Å²) in [5.41, 5.74) is 1.95. The maximum atomic E-state index is 13.6. The lowest BCUT2D eigenvalue weighted by atomic mass is 9.88. The Bertz CT molecular complexity index is 1200. The van der Waals surface area contributed by atoms with Crippen LogP contribution in [-0.2, 0) is 6.61 Å². The molecule has 1 fully saturated rings. The number of methoxy groups -OCH3 is 1. The van der Waals surface area contributed by atoms with Crippen molar-refractivity contribution in [2.45, 2.75) is 12.5 Å². The Hall–Kier alpha value is -3.52. The average Bonchev–Trinajstić information content (AvgIpc) is 3.16. The van der Waals surface area contributed by atoms with Crippen LogP contribution in [0.15, 0.2) is 54.7 Å². The van der Waals surface area contributed by atoms with Gasteiger partial charge in [0.2, 0.25) is 11.8 Å². The first-order valence-electron chi connectivity index (χ1n) is 9.66. The summed E-state index contributed by atoms with van der Waals surface area (Å²) in [5.74, 6) is 1.69. The first-order valence-corrected chi connectivity index (χ1v) is 9.66. The Balaban J connectivity index is 1.43.